The van der Waals surface area contributed by atoms with Crippen LogP contribution in [0.15, 0.2) is 0 Å². The molecule has 13 nitrogen and oxygen atoms in total. The van der Waals surface area contributed by atoms with Crippen LogP contribution in [0.25, 0.3) is 0 Å². The van der Waals surface area contributed by atoms with Crippen LogP contribution >= 0.6 is 0 Å². The molecule has 0 spiro atoms. The standard InChI is InChI=1S/C19H36O5.C13H26O4.C11H22O4/c1-3-5-7-9-11-13-18(21)23-16-17(15-20)24-19(22)14-12-10-8-6-4-2;1-2-3-4-5-6-7-8-9-13(16)17-11-12(15)10-14;1-2-3-4-5-6-7-11(14)15-9-10(13)8-12/h17,20H,3-16H2,1-2H3;12,14-15H,2-11H2,1H3;10,12-13H,2-9H2,1H3. The topological polar surface area (TPSA) is 206 Å². The minimum Gasteiger partial charge on any atom is -0.463 e. The molecule has 0 aromatic heterocycles. The Labute approximate surface area is 339 Å². The van der Waals surface area contributed by atoms with Gasteiger partial charge in [-0.25, -0.2) is 0 Å². The monoisotopic (exact) mass is 809 g/mol. The summed E-state index contributed by atoms with van der Waals surface area (Å²) in [5.41, 5.74) is 0. The fraction of sp³-hybridized carbons (Fsp3) is 0.907. The molecule has 0 aliphatic rings. The summed E-state index contributed by atoms with van der Waals surface area (Å²) in [4.78, 5) is 45.6. The van der Waals surface area contributed by atoms with E-state index in [1.54, 1.807) is 0 Å². The molecule has 0 saturated carbocycles. The van der Waals surface area contributed by atoms with Crippen LogP contribution < -0.4 is 0 Å². The first kappa shape index (κ1) is 58.0. The zero-order valence-electron chi connectivity index (χ0n) is 35.9. The van der Waals surface area contributed by atoms with Crippen molar-refractivity contribution in [2.75, 3.05) is 39.6 Å². The van der Waals surface area contributed by atoms with Gasteiger partial charge in [-0.15, -0.1) is 0 Å². The average molecular weight is 809 g/mol. The van der Waals surface area contributed by atoms with Gasteiger partial charge in [0.15, 0.2) is 6.10 Å². The van der Waals surface area contributed by atoms with E-state index in [-0.39, 0.29) is 63.5 Å². The van der Waals surface area contributed by atoms with Gasteiger partial charge in [0, 0.05) is 25.7 Å². The third-order valence-corrected chi connectivity index (χ3v) is 8.66. The fourth-order valence-electron chi connectivity index (χ4n) is 5.10. The molecule has 0 radical (unpaired) electrons. The lowest BCUT2D eigenvalue weighted by Gasteiger charge is -2.15. The maximum absolute atomic E-state index is 11.7. The fourth-order valence-corrected chi connectivity index (χ4v) is 5.10. The Bertz CT molecular complexity index is 871. The van der Waals surface area contributed by atoms with Gasteiger partial charge in [-0.3, -0.25) is 19.2 Å². The van der Waals surface area contributed by atoms with E-state index in [1.165, 1.54) is 70.6 Å². The van der Waals surface area contributed by atoms with E-state index < -0.39 is 18.3 Å². The van der Waals surface area contributed by atoms with Crippen molar-refractivity contribution < 1.29 is 63.7 Å². The lowest BCUT2D eigenvalue weighted by atomic mass is 10.1. The minimum absolute atomic E-state index is 0.0636. The Morgan fingerprint density at radius 1 is 0.375 bits per heavy atom. The lowest BCUT2D eigenvalue weighted by molar-refractivity contribution is -0.161. The van der Waals surface area contributed by atoms with Gasteiger partial charge < -0.3 is 44.5 Å². The van der Waals surface area contributed by atoms with Gasteiger partial charge in [0.05, 0.1) is 19.8 Å². The van der Waals surface area contributed by atoms with Gasteiger partial charge >= 0.3 is 23.9 Å². The molecular weight excluding hydrogens is 724 g/mol. The summed E-state index contributed by atoms with van der Waals surface area (Å²) in [5.74, 6) is -1.20. The SMILES string of the molecule is CCCCCCCC(=O)OCC(CO)OC(=O)CCCCCCC.CCCCCCCC(=O)OCC(O)CO.CCCCCCCCCC(=O)OCC(O)CO. The molecule has 0 bridgehead atoms. The van der Waals surface area contributed by atoms with E-state index in [4.69, 9.17) is 39.4 Å². The van der Waals surface area contributed by atoms with E-state index in [1.807, 2.05) is 0 Å². The number of hydrogen-bond donors (Lipinski definition) is 5. The third kappa shape index (κ3) is 47.8. The molecule has 334 valence electrons. The number of esters is 4. The van der Waals surface area contributed by atoms with E-state index in [0.717, 1.165) is 70.6 Å². The molecule has 3 atom stereocenters. The van der Waals surface area contributed by atoms with Gasteiger partial charge in [0.2, 0.25) is 0 Å². The molecule has 3 unspecified atom stereocenters. The van der Waals surface area contributed by atoms with Gasteiger partial charge in [-0.2, -0.15) is 0 Å². The lowest BCUT2D eigenvalue weighted by Crippen LogP contribution is -2.28. The zero-order valence-corrected chi connectivity index (χ0v) is 35.9. The highest BCUT2D eigenvalue weighted by molar-refractivity contribution is 5.70. The predicted molar refractivity (Wildman–Crippen MR) is 219 cm³/mol. The quantitative estimate of drug-likeness (QED) is 0.0238. The first-order valence-electron chi connectivity index (χ1n) is 21.9. The van der Waals surface area contributed by atoms with Crippen LogP contribution in [-0.4, -0.2) is 107 Å². The highest BCUT2D eigenvalue weighted by atomic mass is 16.6. The van der Waals surface area contributed by atoms with Crippen molar-refractivity contribution in [1.82, 2.24) is 0 Å². The smallest absolute Gasteiger partial charge is 0.306 e. The molecule has 0 aromatic rings. The van der Waals surface area contributed by atoms with E-state index >= 15 is 0 Å². The van der Waals surface area contributed by atoms with Gasteiger partial charge in [-0.1, -0.05) is 143 Å². The molecule has 56 heavy (non-hydrogen) atoms. The van der Waals surface area contributed by atoms with E-state index in [0.29, 0.717) is 25.7 Å². The summed E-state index contributed by atoms with van der Waals surface area (Å²) in [6, 6.07) is 0. The first-order chi connectivity index (χ1) is 27.0. The Kier molecular flexibility index (Phi) is 48.7. The van der Waals surface area contributed by atoms with E-state index in [2.05, 4.69) is 27.7 Å². The molecule has 0 fully saturated rings. The average Bonchev–Trinajstić information content (AvgIpc) is 3.20. The van der Waals surface area contributed by atoms with Crippen LogP contribution in [0.4, 0.5) is 0 Å². The minimum atomic E-state index is -0.951. The van der Waals surface area contributed by atoms with Crippen molar-refractivity contribution in [3.05, 3.63) is 0 Å². The summed E-state index contributed by atoms with van der Waals surface area (Å²) in [7, 11) is 0. The Morgan fingerprint density at radius 2 is 0.643 bits per heavy atom. The van der Waals surface area contributed by atoms with Crippen LogP contribution in [0.1, 0.15) is 195 Å². The molecule has 5 N–H and O–H groups in total. The Morgan fingerprint density at radius 3 is 0.929 bits per heavy atom. The Balaban J connectivity index is -0.000000779. The molecule has 0 saturated heterocycles. The van der Waals surface area contributed by atoms with Crippen molar-refractivity contribution in [1.29, 1.82) is 0 Å². The van der Waals surface area contributed by atoms with Crippen molar-refractivity contribution in [2.24, 2.45) is 0 Å². The molecule has 13 heteroatoms. The second-order valence-electron chi connectivity index (χ2n) is 14.4. The molecule has 0 amide bonds. The number of hydrogen-bond acceptors (Lipinski definition) is 13. The highest BCUT2D eigenvalue weighted by Crippen LogP contribution is 2.10. The molecule has 0 heterocycles. The van der Waals surface area contributed by atoms with Gasteiger partial charge in [0.25, 0.3) is 0 Å². The van der Waals surface area contributed by atoms with Crippen LogP contribution in [0.5, 0.6) is 0 Å². The molecule has 0 aliphatic carbocycles. The largest absolute Gasteiger partial charge is 0.463 e. The molecule has 0 aromatic carbocycles. The molecular formula is C43H84O13. The maximum Gasteiger partial charge on any atom is 0.306 e. The van der Waals surface area contributed by atoms with Crippen LogP contribution in [0.3, 0.4) is 0 Å². The van der Waals surface area contributed by atoms with Crippen molar-refractivity contribution in [2.45, 2.75) is 213 Å². The van der Waals surface area contributed by atoms with Gasteiger partial charge in [-0.05, 0) is 25.7 Å². The van der Waals surface area contributed by atoms with Crippen LogP contribution in [0, 0.1) is 0 Å². The number of rotatable bonds is 36. The maximum atomic E-state index is 11.7. The number of aliphatic hydroxyl groups excluding tert-OH is 5. The van der Waals surface area contributed by atoms with Crippen molar-refractivity contribution >= 4 is 23.9 Å². The number of ether oxygens (including phenoxy) is 4. The number of unbranched alkanes of at least 4 members (excludes halogenated alkanes) is 18. The summed E-state index contributed by atoms with van der Waals surface area (Å²) in [6.07, 6.45) is 23.1. The molecule has 0 rings (SSSR count). The van der Waals surface area contributed by atoms with Crippen LogP contribution in [-0.2, 0) is 38.1 Å². The van der Waals surface area contributed by atoms with Crippen molar-refractivity contribution in [3.8, 4) is 0 Å². The highest BCUT2D eigenvalue weighted by Gasteiger charge is 2.16. The number of carbonyl (C=O) groups is 4. The first-order valence-corrected chi connectivity index (χ1v) is 21.9. The number of aliphatic hydroxyl groups is 5. The van der Waals surface area contributed by atoms with Crippen LogP contribution in [0.2, 0.25) is 0 Å². The zero-order chi connectivity index (χ0) is 42.5. The second kappa shape index (κ2) is 47.1. The van der Waals surface area contributed by atoms with E-state index in [9.17, 15) is 24.3 Å². The molecule has 0 aliphatic heterocycles. The van der Waals surface area contributed by atoms with Crippen molar-refractivity contribution in [3.63, 3.8) is 0 Å². The Hall–Kier alpha value is -2.32. The summed E-state index contributed by atoms with van der Waals surface area (Å²) in [6.45, 7) is 7.28. The summed E-state index contributed by atoms with van der Waals surface area (Å²) in [5, 5.41) is 44.1. The second-order valence-corrected chi connectivity index (χ2v) is 14.4. The third-order valence-electron chi connectivity index (χ3n) is 8.66. The van der Waals surface area contributed by atoms with Gasteiger partial charge in [0.1, 0.15) is 32.0 Å². The number of carbonyl (C=O) groups excluding carboxylic acids is 4. The normalized spacial score (nSPS) is 12.2. The predicted octanol–water partition coefficient (Wildman–Crippen LogP) is 7.42. The summed E-state index contributed by atoms with van der Waals surface area (Å²) >= 11 is 0. The summed E-state index contributed by atoms with van der Waals surface area (Å²) < 4.78 is 19.8.